The van der Waals surface area contributed by atoms with Gasteiger partial charge in [-0.05, 0) is 61.5 Å². The maximum absolute atomic E-state index is 13.9. The highest BCUT2D eigenvalue weighted by Gasteiger charge is 2.42. The summed E-state index contributed by atoms with van der Waals surface area (Å²) in [5.41, 5.74) is 2.80. The van der Waals surface area contributed by atoms with Crippen molar-refractivity contribution in [1.29, 1.82) is 5.26 Å². The molecule has 0 saturated carbocycles. The van der Waals surface area contributed by atoms with Crippen LogP contribution in [0.4, 0.5) is 11.4 Å². The van der Waals surface area contributed by atoms with Crippen molar-refractivity contribution in [2.75, 3.05) is 17.3 Å². The van der Waals surface area contributed by atoms with Crippen LogP contribution in [0.1, 0.15) is 49.3 Å². The summed E-state index contributed by atoms with van der Waals surface area (Å²) in [5, 5.41) is 15.7. The Labute approximate surface area is 228 Å². The van der Waals surface area contributed by atoms with Crippen molar-refractivity contribution in [2.24, 2.45) is 0 Å². The number of rotatable bonds is 6. The maximum atomic E-state index is 13.9. The van der Waals surface area contributed by atoms with Crippen molar-refractivity contribution < 1.29 is 19.1 Å². The molecule has 1 aliphatic heterocycles. The Morgan fingerprint density at radius 1 is 1.08 bits per heavy atom. The third-order valence-electron chi connectivity index (χ3n) is 6.60. The number of anilines is 2. The summed E-state index contributed by atoms with van der Waals surface area (Å²) in [6.07, 6.45) is 1.40. The summed E-state index contributed by atoms with van der Waals surface area (Å²) in [5.74, 6) is -0.399. The molecule has 0 bridgehead atoms. The molecule has 9 nitrogen and oxygen atoms in total. The van der Waals surface area contributed by atoms with Crippen molar-refractivity contribution in [3.63, 3.8) is 0 Å². The van der Waals surface area contributed by atoms with E-state index < -0.39 is 11.1 Å². The largest absolute Gasteiger partial charge is 0.497 e. The molecular weight excluding hydrogens is 510 g/mol. The predicted molar refractivity (Wildman–Crippen MR) is 149 cm³/mol. The van der Waals surface area contributed by atoms with Gasteiger partial charge in [0.15, 0.2) is 5.78 Å². The van der Waals surface area contributed by atoms with Gasteiger partial charge in [-0.1, -0.05) is 18.2 Å². The average Bonchev–Trinajstić information content (AvgIpc) is 3.36. The molecule has 0 aliphatic carbocycles. The van der Waals surface area contributed by atoms with Gasteiger partial charge in [-0.3, -0.25) is 19.1 Å². The van der Waals surface area contributed by atoms with Gasteiger partial charge in [-0.15, -0.1) is 0 Å². The van der Waals surface area contributed by atoms with Gasteiger partial charge in [0.2, 0.25) is 0 Å². The lowest BCUT2D eigenvalue weighted by Gasteiger charge is -2.42. The van der Waals surface area contributed by atoms with Gasteiger partial charge in [0, 0.05) is 37.9 Å². The number of ketones is 1. The van der Waals surface area contributed by atoms with Gasteiger partial charge in [0.05, 0.1) is 37.0 Å². The number of methoxy groups -OCH3 is 1. The molecule has 5 rings (SSSR count). The number of ether oxygens (including phenoxy) is 1. The first-order valence-corrected chi connectivity index (χ1v) is 13.2. The van der Waals surface area contributed by atoms with Gasteiger partial charge >= 0.3 is 0 Å². The fourth-order valence-corrected chi connectivity index (χ4v) is 5.50. The van der Waals surface area contributed by atoms with Gasteiger partial charge in [-0.2, -0.15) is 10.4 Å². The zero-order valence-electron chi connectivity index (χ0n) is 21.6. The number of aromatic nitrogens is 2. The second-order valence-electron chi connectivity index (χ2n) is 9.77. The second kappa shape index (κ2) is 10.0. The zero-order valence-corrected chi connectivity index (χ0v) is 23.6. The number of nitrogens with one attached hydrogen (secondary N) is 1. The highest BCUT2D eigenvalue weighted by Crippen LogP contribution is 2.32. The van der Waals surface area contributed by atoms with Gasteiger partial charge in [0.25, 0.3) is 11.8 Å². The van der Waals surface area contributed by atoms with Crippen LogP contribution in [0.15, 0.2) is 79.0 Å². The Morgan fingerprint density at radius 3 is 2.54 bits per heavy atom. The van der Waals surface area contributed by atoms with Crippen LogP contribution < -0.4 is 15.0 Å². The summed E-state index contributed by atoms with van der Waals surface area (Å²) >= 11 is 0. The molecule has 10 heteroatoms. The SMILES string of the molecule is COc1cccc(C(=O)c2ccc(N3C(=O)c4c(C(=O)Nc5cccc(C#N)c5)cnn4C[C@]3(C)[SiH3])cc2)c1. The lowest BCUT2D eigenvalue weighted by atomic mass is 10.0. The summed E-state index contributed by atoms with van der Waals surface area (Å²) in [6.45, 7) is 2.40. The number of nitrogens with zero attached hydrogens (tertiary/aromatic N) is 4. The van der Waals surface area contributed by atoms with Crippen LogP contribution in [-0.4, -0.2) is 49.9 Å². The Kier molecular flexibility index (Phi) is 6.60. The smallest absolute Gasteiger partial charge is 0.277 e. The van der Waals surface area contributed by atoms with E-state index in [1.54, 1.807) is 89.5 Å². The summed E-state index contributed by atoms with van der Waals surface area (Å²) in [6, 6.07) is 22.4. The van der Waals surface area contributed by atoms with E-state index >= 15 is 0 Å². The van der Waals surface area contributed by atoms with E-state index in [9.17, 15) is 14.4 Å². The maximum Gasteiger partial charge on any atom is 0.277 e. The third kappa shape index (κ3) is 4.83. The normalized spacial score (nSPS) is 16.3. The molecule has 4 aromatic rings. The molecule has 1 N–H and O–H groups in total. The number of hydrogen-bond donors (Lipinski definition) is 1. The highest BCUT2D eigenvalue weighted by atomic mass is 28.1. The molecule has 2 amide bonds. The zero-order chi connectivity index (χ0) is 27.7. The molecule has 1 atom stereocenters. The predicted octanol–water partition coefficient (Wildman–Crippen LogP) is 2.99. The van der Waals surface area contributed by atoms with Crippen LogP contribution in [0.25, 0.3) is 0 Å². The van der Waals surface area contributed by atoms with Crippen LogP contribution in [0, 0.1) is 11.3 Å². The van der Waals surface area contributed by atoms with Gasteiger partial charge in [-0.25, -0.2) is 0 Å². The molecule has 2 heterocycles. The molecule has 0 radical (unpaired) electrons. The molecule has 0 saturated heterocycles. The number of fused-ring (bicyclic) bond motifs is 1. The average molecular weight is 536 g/mol. The van der Waals surface area contributed by atoms with Crippen molar-refractivity contribution >= 4 is 39.2 Å². The Morgan fingerprint density at radius 2 is 1.82 bits per heavy atom. The molecule has 3 aromatic carbocycles. The van der Waals surface area contributed by atoms with E-state index in [-0.39, 0.29) is 22.9 Å². The van der Waals surface area contributed by atoms with E-state index in [1.807, 2.05) is 13.0 Å². The second-order valence-corrected chi connectivity index (χ2v) is 11.9. The first kappa shape index (κ1) is 25.6. The summed E-state index contributed by atoms with van der Waals surface area (Å²) < 4.78 is 6.80. The third-order valence-corrected chi connectivity index (χ3v) is 7.36. The van der Waals surface area contributed by atoms with E-state index in [4.69, 9.17) is 10.00 Å². The minimum absolute atomic E-state index is 0.148. The molecule has 39 heavy (non-hydrogen) atoms. The van der Waals surface area contributed by atoms with Crippen molar-refractivity contribution in [3.05, 3.63) is 107 Å². The topological polar surface area (TPSA) is 117 Å². The summed E-state index contributed by atoms with van der Waals surface area (Å²) in [7, 11) is 2.17. The lowest BCUT2D eigenvalue weighted by molar-refractivity contribution is 0.0924. The lowest BCUT2D eigenvalue weighted by Crippen LogP contribution is -2.58. The van der Waals surface area contributed by atoms with Gasteiger partial charge < -0.3 is 15.0 Å². The van der Waals surface area contributed by atoms with Crippen molar-refractivity contribution in [1.82, 2.24) is 9.78 Å². The van der Waals surface area contributed by atoms with E-state index in [0.717, 1.165) is 0 Å². The number of nitriles is 1. The number of amides is 2. The van der Waals surface area contributed by atoms with Crippen molar-refractivity contribution in [3.8, 4) is 11.8 Å². The number of hydrogen-bond acceptors (Lipinski definition) is 6. The number of carbonyl (C=O) groups excluding carboxylic acids is 3. The Bertz CT molecular complexity index is 1650. The molecule has 1 aromatic heterocycles. The summed E-state index contributed by atoms with van der Waals surface area (Å²) in [4.78, 5) is 41.7. The molecule has 0 unspecified atom stereocenters. The quantitative estimate of drug-likeness (QED) is 0.300. The van der Waals surface area contributed by atoms with E-state index in [2.05, 4.69) is 10.4 Å². The molecule has 0 spiro atoms. The van der Waals surface area contributed by atoms with Crippen molar-refractivity contribution in [2.45, 2.75) is 18.6 Å². The Hall–Kier alpha value is -5.01. The minimum Gasteiger partial charge on any atom is -0.497 e. The molecular formula is C29H25N5O4Si. The van der Waals surface area contributed by atoms with E-state index in [1.165, 1.54) is 6.20 Å². The first-order chi connectivity index (χ1) is 18.7. The Balaban J connectivity index is 1.43. The molecule has 194 valence electrons. The first-order valence-electron chi connectivity index (χ1n) is 12.2. The van der Waals surface area contributed by atoms with Gasteiger partial charge in [0.1, 0.15) is 11.4 Å². The number of benzene rings is 3. The van der Waals surface area contributed by atoms with Crippen LogP contribution >= 0.6 is 0 Å². The fourth-order valence-electron chi connectivity index (χ4n) is 4.74. The van der Waals surface area contributed by atoms with Crippen LogP contribution in [0.5, 0.6) is 5.75 Å². The number of carbonyl (C=O) groups is 3. The highest BCUT2D eigenvalue weighted by molar-refractivity contribution is 6.25. The molecule has 1 aliphatic rings. The molecule has 0 fully saturated rings. The van der Waals surface area contributed by atoms with E-state index in [0.29, 0.717) is 50.6 Å². The van der Waals surface area contributed by atoms with Crippen LogP contribution in [0.2, 0.25) is 0 Å². The minimum atomic E-state index is -0.525. The standard InChI is InChI=1S/C29H25N5O4Si/c1-29(39)17-33-25(24(16-31-33)27(36)32-21-7-3-5-18(13-21)15-30)28(37)34(29)22-11-9-19(10-12-22)26(35)20-6-4-8-23(14-20)38-2/h3-14,16H,17H2,1-2,39H3,(H,32,36)/t29-/m0/s1. The monoisotopic (exact) mass is 535 g/mol. The van der Waals surface area contributed by atoms with Crippen LogP contribution in [-0.2, 0) is 6.54 Å². The van der Waals surface area contributed by atoms with Crippen LogP contribution in [0.3, 0.4) is 0 Å². The fraction of sp³-hybridized carbons (Fsp3) is 0.138.